The van der Waals surface area contributed by atoms with Crippen molar-refractivity contribution in [3.63, 3.8) is 0 Å². The van der Waals surface area contributed by atoms with Gasteiger partial charge in [0.05, 0.1) is 0 Å². The maximum atomic E-state index is 3.43. The average molecular weight is 189 g/mol. The molecule has 1 aliphatic rings. The SMILES string of the molecule is C1CNCCPCCNCCN1. The molecule has 0 aromatic heterocycles. The van der Waals surface area contributed by atoms with E-state index >= 15 is 0 Å². The molecule has 4 heteroatoms. The molecule has 12 heavy (non-hydrogen) atoms. The molecule has 0 bridgehead atoms. The van der Waals surface area contributed by atoms with Crippen LogP contribution in [-0.2, 0) is 0 Å². The minimum atomic E-state index is 1.10. The fourth-order valence-electron chi connectivity index (χ4n) is 1.21. The Morgan fingerprint density at radius 2 is 1.00 bits per heavy atom. The maximum absolute atomic E-state index is 3.43. The first-order chi connectivity index (χ1) is 6.00. The van der Waals surface area contributed by atoms with Crippen LogP contribution in [0.5, 0.6) is 0 Å². The highest BCUT2D eigenvalue weighted by atomic mass is 31.1. The Hall–Kier alpha value is 0.310. The summed E-state index contributed by atoms with van der Waals surface area (Å²) in [7, 11) is 1.13. The van der Waals surface area contributed by atoms with Gasteiger partial charge in [0.25, 0.3) is 0 Å². The fourth-order valence-corrected chi connectivity index (χ4v) is 2.16. The second kappa shape index (κ2) is 7.93. The van der Waals surface area contributed by atoms with Gasteiger partial charge in [0.1, 0.15) is 0 Å². The average Bonchev–Trinajstić information content (AvgIpc) is 2.05. The molecule has 0 radical (unpaired) electrons. The second-order valence-electron chi connectivity index (χ2n) is 3.00. The van der Waals surface area contributed by atoms with E-state index in [-0.39, 0.29) is 0 Å². The summed E-state index contributed by atoms with van der Waals surface area (Å²) >= 11 is 0. The van der Waals surface area contributed by atoms with E-state index in [9.17, 15) is 0 Å². The number of rotatable bonds is 0. The van der Waals surface area contributed by atoms with Crippen LogP contribution in [-0.4, -0.2) is 51.6 Å². The van der Waals surface area contributed by atoms with Crippen LogP contribution in [0.4, 0.5) is 0 Å². The van der Waals surface area contributed by atoms with Crippen molar-refractivity contribution in [2.75, 3.05) is 51.6 Å². The van der Waals surface area contributed by atoms with Crippen molar-refractivity contribution in [1.29, 1.82) is 0 Å². The van der Waals surface area contributed by atoms with Gasteiger partial charge in [-0.25, -0.2) is 0 Å². The monoisotopic (exact) mass is 189 g/mol. The zero-order valence-electron chi connectivity index (χ0n) is 7.66. The molecule has 3 nitrogen and oxygen atoms in total. The number of hydrogen-bond acceptors (Lipinski definition) is 3. The van der Waals surface area contributed by atoms with Gasteiger partial charge in [-0.2, -0.15) is 0 Å². The summed E-state index contributed by atoms with van der Waals surface area (Å²) in [5.74, 6) is 0. The lowest BCUT2D eigenvalue weighted by molar-refractivity contribution is 0.594. The van der Waals surface area contributed by atoms with Crippen molar-refractivity contribution in [2.45, 2.75) is 0 Å². The molecule has 1 rings (SSSR count). The van der Waals surface area contributed by atoms with Gasteiger partial charge in [-0.05, 0) is 25.4 Å². The molecule has 0 aromatic carbocycles. The van der Waals surface area contributed by atoms with Crippen molar-refractivity contribution in [2.24, 2.45) is 0 Å². The van der Waals surface area contributed by atoms with Crippen LogP contribution in [0.25, 0.3) is 0 Å². The lowest BCUT2D eigenvalue weighted by Crippen LogP contribution is -2.34. The lowest BCUT2D eigenvalue weighted by atomic mass is 10.5. The smallest absolute Gasteiger partial charge is 0.00772 e. The third kappa shape index (κ3) is 5.90. The topological polar surface area (TPSA) is 36.1 Å². The van der Waals surface area contributed by atoms with Crippen molar-refractivity contribution < 1.29 is 0 Å². The number of hydrogen-bond donors (Lipinski definition) is 3. The largest absolute Gasteiger partial charge is 0.315 e. The summed E-state index contributed by atoms with van der Waals surface area (Å²) in [5.41, 5.74) is 0. The van der Waals surface area contributed by atoms with Crippen molar-refractivity contribution >= 4 is 8.58 Å². The van der Waals surface area contributed by atoms with Crippen molar-refractivity contribution in [3.05, 3.63) is 0 Å². The lowest BCUT2D eigenvalue weighted by Gasteiger charge is -2.10. The molecule has 0 saturated carbocycles. The van der Waals surface area contributed by atoms with Crippen molar-refractivity contribution in [3.8, 4) is 0 Å². The maximum Gasteiger partial charge on any atom is 0.00772 e. The molecule has 1 fully saturated rings. The predicted octanol–water partition coefficient (Wildman–Crippen LogP) is -0.553. The summed E-state index contributed by atoms with van der Waals surface area (Å²) in [5, 5.41) is 10.2. The Morgan fingerprint density at radius 3 is 1.50 bits per heavy atom. The van der Waals surface area contributed by atoms with Gasteiger partial charge in [-0.15, -0.1) is 8.58 Å². The summed E-state index contributed by atoms with van der Waals surface area (Å²) in [6, 6.07) is 0. The van der Waals surface area contributed by atoms with E-state index in [4.69, 9.17) is 0 Å². The normalized spacial score (nSPS) is 24.0. The van der Waals surface area contributed by atoms with Gasteiger partial charge in [0.15, 0.2) is 0 Å². The van der Waals surface area contributed by atoms with E-state index in [1.807, 2.05) is 0 Å². The minimum Gasteiger partial charge on any atom is -0.315 e. The van der Waals surface area contributed by atoms with E-state index < -0.39 is 0 Å². The van der Waals surface area contributed by atoms with Gasteiger partial charge in [-0.1, -0.05) is 0 Å². The molecule has 0 amide bonds. The molecule has 0 spiro atoms. The molecule has 0 aromatic rings. The molecular weight excluding hydrogens is 169 g/mol. The van der Waals surface area contributed by atoms with Gasteiger partial charge < -0.3 is 16.0 Å². The first-order valence-corrected chi connectivity index (χ1v) is 6.24. The van der Waals surface area contributed by atoms with Crippen LogP contribution in [0.15, 0.2) is 0 Å². The van der Waals surface area contributed by atoms with E-state index in [1.54, 1.807) is 0 Å². The Morgan fingerprint density at radius 1 is 0.583 bits per heavy atom. The second-order valence-corrected chi connectivity index (χ2v) is 4.50. The van der Waals surface area contributed by atoms with Crippen LogP contribution in [0.1, 0.15) is 0 Å². The van der Waals surface area contributed by atoms with E-state index in [1.165, 1.54) is 25.4 Å². The summed E-state index contributed by atoms with van der Waals surface area (Å²) < 4.78 is 0. The highest BCUT2D eigenvalue weighted by Gasteiger charge is 1.93. The summed E-state index contributed by atoms with van der Waals surface area (Å²) in [6.07, 6.45) is 2.70. The first kappa shape index (κ1) is 10.4. The molecule has 1 heterocycles. The third-order valence-corrected chi connectivity index (χ3v) is 3.12. The molecule has 0 aliphatic carbocycles. The van der Waals surface area contributed by atoms with Crippen molar-refractivity contribution in [1.82, 2.24) is 16.0 Å². The standard InChI is InChI=1S/C8H20N3P/c1-3-10-5-7-12-8-6-11-4-2-9-1/h9-12H,1-8H2. The first-order valence-electron chi connectivity index (χ1n) is 4.83. The fraction of sp³-hybridized carbons (Fsp3) is 1.00. The Labute approximate surface area is 76.9 Å². The summed E-state index contributed by atoms with van der Waals surface area (Å²) in [6.45, 7) is 6.82. The molecule has 0 atom stereocenters. The van der Waals surface area contributed by atoms with Gasteiger partial charge >= 0.3 is 0 Å². The Kier molecular flexibility index (Phi) is 6.87. The molecular formula is C8H20N3P. The van der Waals surface area contributed by atoms with Gasteiger partial charge in [0, 0.05) is 26.2 Å². The van der Waals surface area contributed by atoms with E-state index in [0.717, 1.165) is 34.8 Å². The van der Waals surface area contributed by atoms with Crippen LogP contribution in [0, 0.1) is 0 Å². The van der Waals surface area contributed by atoms with Crippen LogP contribution >= 0.6 is 8.58 Å². The van der Waals surface area contributed by atoms with Gasteiger partial charge in [0.2, 0.25) is 0 Å². The zero-order valence-corrected chi connectivity index (χ0v) is 8.66. The van der Waals surface area contributed by atoms with Gasteiger partial charge in [-0.3, -0.25) is 0 Å². The van der Waals surface area contributed by atoms with Crippen LogP contribution < -0.4 is 16.0 Å². The molecule has 72 valence electrons. The minimum absolute atomic E-state index is 1.10. The van der Waals surface area contributed by atoms with E-state index in [2.05, 4.69) is 16.0 Å². The Bertz CT molecular complexity index is 57.3. The molecule has 1 aliphatic heterocycles. The molecule has 1 saturated heterocycles. The van der Waals surface area contributed by atoms with Crippen LogP contribution in [0.2, 0.25) is 0 Å². The third-order valence-electron chi connectivity index (χ3n) is 1.91. The highest BCUT2D eigenvalue weighted by Crippen LogP contribution is 2.05. The zero-order chi connectivity index (χ0) is 8.49. The quantitative estimate of drug-likeness (QED) is 0.447. The van der Waals surface area contributed by atoms with E-state index in [0.29, 0.717) is 0 Å². The molecule has 3 N–H and O–H groups in total. The van der Waals surface area contributed by atoms with Crippen LogP contribution in [0.3, 0.4) is 0 Å². The Balaban J connectivity index is 2.00. The number of nitrogens with one attached hydrogen (secondary N) is 3. The predicted molar refractivity (Wildman–Crippen MR) is 56.7 cm³/mol. The highest BCUT2D eigenvalue weighted by molar-refractivity contribution is 7.38. The molecule has 0 unspecified atom stereocenters. The summed E-state index contributed by atoms with van der Waals surface area (Å²) in [4.78, 5) is 0.